The summed E-state index contributed by atoms with van der Waals surface area (Å²) in [6.07, 6.45) is 0. The van der Waals surface area contributed by atoms with Gasteiger partial charge in [-0.3, -0.25) is 4.79 Å². The number of hydrogen-bond donors (Lipinski definition) is 1. The molecule has 8 heteroatoms. The summed E-state index contributed by atoms with van der Waals surface area (Å²) in [5.41, 5.74) is 1.33. The van der Waals surface area contributed by atoms with Gasteiger partial charge in [-0.25, -0.2) is 9.78 Å². The van der Waals surface area contributed by atoms with Crippen LogP contribution in [0.25, 0.3) is 0 Å². The fraction of sp³-hybridized carbons (Fsp3) is 0.105. The number of rotatable bonds is 7. The van der Waals surface area contributed by atoms with Crippen LogP contribution in [0.2, 0.25) is 5.02 Å². The summed E-state index contributed by atoms with van der Waals surface area (Å²) < 4.78 is 10.1. The zero-order valence-corrected chi connectivity index (χ0v) is 15.8. The van der Waals surface area contributed by atoms with Crippen LogP contribution in [0.1, 0.15) is 20.8 Å². The summed E-state index contributed by atoms with van der Waals surface area (Å²) in [5.74, 6) is -0.254. The highest BCUT2D eigenvalue weighted by Crippen LogP contribution is 2.23. The number of ether oxygens (including phenoxy) is 2. The molecule has 2 aromatic carbocycles. The molecule has 0 aliphatic carbocycles. The molecule has 6 nitrogen and oxygen atoms in total. The van der Waals surface area contributed by atoms with Crippen molar-refractivity contribution in [2.24, 2.45) is 0 Å². The van der Waals surface area contributed by atoms with E-state index in [0.29, 0.717) is 15.7 Å². The molecular formula is C19H15ClN2O4S. The third-order valence-corrected chi connectivity index (χ3v) is 4.53. The fourth-order valence-electron chi connectivity index (χ4n) is 2.17. The van der Waals surface area contributed by atoms with Gasteiger partial charge in [0.2, 0.25) is 0 Å². The number of thiazole rings is 1. The van der Waals surface area contributed by atoms with Crippen LogP contribution in [0, 0.1) is 0 Å². The molecule has 0 bridgehead atoms. The lowest BCUT2D eigenvalue weighted by atomic mass is 10.1. The molecule has 0 unspecified atom stereocenters. The first-order valence-electron chi connectivity index (χ1n) is 7.87. The van der Waals surface area contributed by atoms with Crippen LogP contribution in [-0.2, 0) is 4.74 Å². The second-order valence-electron chi connectivity index (χ2n) is 5.40. The fourth-order valence-corrected chi connectivity index (χ4v) is 3.06. The first-order valence-corrected chi connectivity index (χ1v) is 9.13. The van der Waals surface area contributed by atoms with Crippen molar-refractivity contribution in [3.05, 3.63) is 70.2 Å². The number of anilines is 2. The molecule has 0 spiro atoms. The minimum Gasteiger partial charge on any atom is -0.497 e. The number of carbonyl (C=O) groups is 2. The van der Waals surface area contributed by atoms with E-state index in [4.69, 9.17) is 21.1 Å². The van der Waals surface area contributed by atoms with E-state index < -0.39 is 5.97 Å². The quantitative estimate of drug-likeness (QED) is 0.460. The second kappa shape index (κ2) is 8.66. The second-order valence-corrected chi connectivity index (χ2v) is 6.70. The van der Waals surface area contributed by atoms with Crippen LogP contribution in [0.4, 0.5) is 10.8 Å². The van der Waals surface area contributed by atoms with Crippen LogP contribution in [0.5, 0.6) is 5.75 Å². The smallest absolute Gasteiger partial charge is 0.358 e. The van der Waals surface area contributed by atoms with E-state index in [2.05, 4.69) is 10.3 Å². The van der Waals surface area contributed by atoms with Crippen LogP contribution >= 0.6 is 22.9 Å². The summed E-state index contributed by atoms with van der Waals surface area (Å²) in [7, 11) is 1.60. The van der Waals surface area contributed by atoms with E-state index in [0.717, 1.165) is 11.4 Å². The highest BCUT2D eigenvalue weighted by Gasteiger charge is 2.15. The zero-order chi connectivity index (χ0) is 19.2. The van der Waals surface area contributed by atoms with E-state index in [9.17, 15) is 9.59 Å². The van der Waals surface area contributed by atoms with E-state index in [-0.39, 0.29) is 18.1 Å². The van der Waals surface area contributed by atoms with Gasteiger partial charge < -0.3 is 14.8 Å². The Bertz CT molecular complexity index is 956. The molecule has 138 valence electrons. The first kappa shape index (κ1) is 18.9. The van der Waals surface area contributed by atoms with Gasteiger partial charge in [0.15, 0.2) is 23.2 Å². The van der Waals surface area contributed by atoms with Crippen molar-refractivity contribution in [2.45, 2.75) is 0 Å². The van der Waals surface area contributed by atoms with E-state index in [1.165, 1.54) is 17.4 Å². The molecule has 0 aliphatic heterocycles. The average molecular weight is 403 g/mol. The van der Waals surface area contributed by atoms with Gasteiger partial charge in [-0.05, 0) is 36.4 Å². The number of nitrogens with one attached hydrogen (secondary N) is 1. The number of ketones is 1. The minimum absolute atomic E-state index is 0.134. The monoisotopic (exact) mass is 402 g/mol. The van der Waals surface area contributed by atoms with Crippen molar-refractivity contribution in [1.29, 1.82) is 0 Å². The third-order valence-electron chi connectivity index (χ3n) is 3.54. The number of nitrogens with zero attached hydrogens (tertiary/aromatic N) is 1. The van der Waals surface area contributed by atoms with Crippen molar-refractivity contribution < 1.29 is 19.1 Å². The Morgan fingerprint density at radius 3 is 2.67 bits per heavy atom. The summed E-state index contributed by atoms with van der Waals surface area (Å²) >= 11 is 7.11. The van der Waals surface area contributed by atoms with Crippen LogP contribution in [0.15, 0.2) is 53.9 Å². The van der Waals surface area contributed by atoms with Crippen molar-refractivity contribution in [3.63, 3.8) is 0 Å². The number of hydrogen-bond acceptors (Lipinski definition) is 7. The highest BCUT2D eigenvalue weighted by atomic mass is 35.5. The van der Waals surface area contributed by atoms with E-state index >= 15 is 0 Å². The zero-order valence-electron chi connectivity index (χ0n) is 14.3. The van der Waals surface area contributed by atoms with Gasteiger partial charge in [0, 0.05) is 21.7 Å². The maximum Gasteiger partial charge on any atom is 0.358 e. The molecule has 0 amide bonds. The number of aromatic nitrogens is 1. The molecule has 0 radical (unpaired) electrons. The van der Waals surface area contributed by atoms with Gasteiger partial charge >= 0.3 is 5.97 Å². The lowest BCUT2D eigenvalue weighted by Gasteiger charge is -2.04. The normalized spacial score (nSPS) is 10.3. The van der Waals surface area contributed by atoms with Gasteiger partial charge in [0.25, 0.3) is 0 Å². The Hall–Kier alpha value is -2.90. The third kappa shape index (κ3) is 5.06. The van der Waals surface area contributed by atoms with Gasteiger partial charge in [0.05, 0.1) is 7.11 Å². The maximum absolute atomic E-state index is 12.1. The van der Waals surface area contributed by atoms with Gasteiger partial charge in [-0.1, -0.05) is 23.7 Å². The SMILES string of the molecule is COc1ccc(Nc2nc(C(=O)OCC(=O)c3cccc(Cl)c3)cs2)cc1. The Balaban J connectivity index is 1.57. The number of benzene rings is 2. The van der Waals surface area contributed by atoms with Gasteiger partial charge in [-0.15, -0.1) is 11.3 Å². The molecule has 27 heavy (non-hydrogen) atoms. The van der Waals surface area contributed by atoms with Crippen molar-refractivity contribution in [2.75, 3.05) is 19.0 Å². The lowest BCUT2D eigenvalue weighted by molar-refractivity contribution is 0.0470. The minimum atomic E-state index is -0.663. The average Bonchev–Trinajstić information content (AvgIpc) is 3.15. The Morgan fingerprint density at radius 1 is 1.19 bits per heavy atom. The number of carbonyl (C=O) groups excluding carboxylic acids is 2. The van der Waals surface area contributed by atoms with Crippen molar-refractivity contribution in [3.8, 4) is 5.75 Å². The van der Waals surface area contributed by atoms with Crippen LogP contribution in [0.3, 0.4) is 0 Å². The number of Topliss-reactive ketones (excluding diaryl/α,β-unsaturated/α-hetero) is 1. The molecule has 0 atom stereocenters. The van der Waals surface area contributed by atoms with Crippen LogP contribution < -0.4 is 10.1 Å². The van der Waals surface area contributed by atoms with E-state index in [1.54, 1.807) is 30.7 Å². The summed E-state index contributed by atoms with van der Waals surface area (Å²) in [4.78, 5) is 28.3. The summed E-state index contributed by atoms with van der Waals surface area (Å²) in [6.45, 7) is -0.377. The molecular weight excluding hydrogens is 388 g/mol. The Kier molecular flexibility index (Phi) is 6.05. The van der Waals surface area contributed by atoms with E-state index in [1.807, 2.05) is 24.3 Å². The van der Waals surface area contributed by atoms with Crippen molar-refractivity contribution in [1.82, 2.24) is 4.98 Å². The molecule has 0 aliphatic rings. The predicted octanol–water partition coefficient (Wildman–Crippen LogP) is 4.59. The molecule has 0 saturated carbocycles. The Labute approximate surface area is 164 Å². The topological polar surface area (TPSA) is 77.5 Å². The molecule has 0 fully saturated rings. The molecule has 1 heterocycles. The summed E-state index contributed by atoms with van der Waals surface area (Å²) in [6, 6.07) is 13.8. The highest BCUT2D eigenvalue weighted by molar-refractivity contribution is 7.14. The van der Waals surface area contributed by atoms with Crippen molar-refractivity contribution >= 4 is 45.5 Å². The Morgan fingerprint density at radius 2 is 1.96 bits per heavy atom. The largest absolute Gasteiger partial charge is 0.497 e. The first-order chi connectivity index (χ1) is 13.0. The number of halogens is 1. The molecule has 1 aromatic heterocycles. The molecule has 3 rings (SSSR count). The molecule has 3 aromatic rings. The van der Waals surface area contributed by atoms with Crippen LogP contribution in [-0.4, -0.2) is 30.5 Å². The maximum atomic E-state index is 12.1. The number of esters is 1. The standard InChI is InChI=1S/C19H15ClN2O4S/c1-25-15-7-5-14(6-8-15)21-19-22-16(11-27-19)18(24)26-10-17(23)12-3-2-4-13(20)9-12/h2-9,11H,10H2,1H3,(H,21,22). The summed E-state index contributed by atoms with van der Waals surface area (Å²) in [5, 5.41) is 5.64. The van der Waals surface area contributed by atoms with Gasteiger partial charge in [0.1, 0.15) is 5.75 Å². The molecule has 1 N–H and O–H groups in total. The predicted molar refractivity (Wildman–Crippen MR) is 104 cm³/mol. The number of methoxy groups -OCH3 is 1. The molecule has 0 saturated heterocycles. The lowest BCUT2D eigenvalue weighted by Crippen LogP contribution is -2.14. The van der Waals surface area contributed by atoms with Gasteiger partial charge in [-0.2, -0.15) is 0 Å².